The van der Waals surface area contributed by atoms with Gasteiger partial charge in [-0.3, -0.25) is 4.79 Å². The number of carbonyl (C=O) groups is 1. The largest absolute Gasteiger partial charge is 0.486 e. The Bertz CT molecular complexity index is 719. The maximum absolute atomic E-state index is 12.1. The molecule has 0 unspecified atom stereocenters. The molecule has 2 heterocycles. The molecule has 0 saturated heterocycles. The molecule has 0 fully saturated rings. The smallest absolute Gasteiger partial charge is 0.273 e. The highest BCUT2D eigenvalue weighted by atomic mass is 35.5. The van der Waals surface area contributed by atoms with Crippen molar-refractivity contribution in [2.75, 3.05) is 26.3 Å². The van der Waals surface area contributed by atoms with E-state index in [1.807, 2.05) is 18.2 Å². The van der Waals surface area contributed by atoms with Crippen molar-refractivity contribution < 1.29 is 14.3 Å². The van der Waals surface area contributed by atoms with E-state index >= 15 is 0 Å². The Kier molecular flexibility index (Phi) is 5.99. The number of rotatable bonds is 5. The number of aromatic nitrogens is 3. The van der Waals surface area contributed by atoms with Crippen LogP contribution in [0.1, 0.15) is 22.6 Å². The second kappa shape index (κ2) is 7.98. The number of halogens is 1. The monoisotopic (exact) mass is 353 g/mol. The molecular formula is C15H20ClN5O3. The lowest BCUT2D eigenvalue weighted by molar-refractivity contribution is 0.0948. The lowest BCUT2D eigenvalue weighted by Gasteiger charge is -2.18. The maximum Gasteiger partial charge on any atom is 0.273 e. The minimum Gasteiger partial charge on any atom is -0.486 e. The summed E-state index contributed by atoms with van der Waals surface area (Å²) < 4.78 is 12.7. The summed E-state index contributed by atoms with van der Waals surface area (Å²) in [6, 6.07) is 5.50. The number of hydrogen-bond acceptors (Lipinski definition) is 6. The number of carbonyl (C=O) groups excluding carboxylic acids is 1. The second-order valence-corrected chi connectivity index (χ2v) is 5.16. The summed E-state index contributed by atoms with van der Waals surface area (Å²) in [5.74, 6) is 1.12. The zero-order valence-corrected chi connectivity index (χ0v) is 14.1. The van der Waals surface area contributed by atoms with Gasteiger partial charge in [0.25, 0.3) is 5.91 Å². The van der Waals surface area contributed by atoms with E-state index in [0.29, 0.717) is 49.2 Å². The van der Waals surface area contributed by atoms with Gasteiger partial charge >= 0.3 is 0 Å². The van der Waals surface area contributed by atoms with Crippen LogP contribution in [0.15, 0.2) is 18.2 Å². The topological polar surface area (TPSA) is 104 Å². The van der Waals surface area contributed by atoms with Gasteiger partial charge in [-0.25, -0.2) is 4.68 Å². The van der Waals surface area contributed by atoms with Crippen molar-refractivity contribution in [2.45, 2.75) is 13.3 Å². The van der Waals surface area contributed by atoms with E-state index in [1.165, 1.54) is 0 Å². The van der Waals surface area contributed by atoms with Crippen LogP contribution >= 0.6 is 12.4 Å². The summed E-state index contributed by atoms with van der Waals surface area (Å²) in [7, 11) is 0. The molecule has 0 bridgehead atoms. The molecule has 2 aromatic rings. The van der Waals surface area contributed by atoms with E-state index in [1.54, 1.807) is 11.6 Å². The number of nitrogens with two attached hydrogens (primary N) is 1. The first kappa shape index (κ1) is 18.0. The molecule has 130 valence electrons. The zero-order chi connectivity index (χ0) is 16.2. The normalized spacial score (nSPS) is 12.4. The molecule has 0 atom stereocenters. The van der Waals surface area contributed by atoms with Crippen molar-refractivity contribution in [3.8, 4) is 17.2 Å². The molecule has 1 amide bonds. The molecule has 3 rings (SSSR count). The van der Waals surface area contributed by atoms with E-state index in [2.05, 4.69) is 15.6 Å². The van der Waals surface area contributed by atoms with Crippen molar-refractivity contribution in [1.82, 2.24) is 20.3 Å². The Labute approximate surface area is 145 Å². The van der Waals surface area contributed by atoms with Crippen molar-refractivity contribution in [3.05, 3.63) is 29.6 Å². The van der Waals surface area contributed by atoms with Crippen LogP contribution in [-0.2, 0) is 0 Å². The predicted molar refractivity (Wildman–Crippen MR) is 90.3 cm³/mol. The van der Waals surface area contributed by atoms with Crippen LogP contribution in [0.5, 0.6) is 11.5 Å². The molecule has 0 saturated carbocycles. The Hall–Kier alpha value is -2.32. The van der Waals surface area contributed by atoms with Crippen molar-refractivity contribution in [3.63, 3.8) is 0 Å². The van der Waals surface area contributed by atoms with Crippen molar-refractivity contribution in [1.29, 1.82) is 0 Å². The molecule has 24 heavy (non-hydrogen) atoms. The van der Waals surface area contributed by atoms with Gasteiger partial charge in [0.2, 0.25) is 0 Å². The molecule has 0 aliphatic carbocycles. The number of ether oxygens (including phenoxy) is 2. The SMILES string of the molecule is Cc1c(C(=O)NCCCN)nnn1-c1ccc2c(c1)OCCO2.Cl. The molecule has 1 aliphatic heterocycles. The minimum atomic E-state index is -0.250. The molecule has 1 aromatic carbocycles. The van der Waals surface area contributed by atoms with Crippen LogP contribution in [0.3, 0.4) is 0 Å². The molecule has 9 heteroatoms. The molecular weight excluding hydrogens is 334 g/mol. The summed E-state index contributed by atoms with van der Waals surface area (Å²) in [6.07, 6.45) is 0.723. The first-order valence-electron chi connectivity index (χ1n) is 7.51. The number of nitrogens with zero attached hydrogens (tertiary/aromatic N) is 3. The second-order valence-electron chi connectivity index (χ2n) is 5.16. The highest BCUT2D eigenvalue weighted by Gasteiger charge is 2.19. The molecule has 3 N–H and O–H groups in total. The summed E-state index contributed by atoms with van der Waals surface area (Å²) in [6.45, 7) is 3.91. The van der Waals surface area contributed by atoms with E-state index in [-0.39, 0.29) is 18.3 Å². The molecule has 0 spiro atoms. The van der Waals surface area contributed by atoms with E-state index in [4.69, 9.17) is 15.2 Å². The van der Waals surface area contributed by atoms with Gasteiger partial charge in [0.1, 0.15) is 13.2 Å². The summed E-state index contributed by atoms with van der Waals surface area (Å²) in [5, 5.41) is 10.8. The highest BCUT2D eigenvalue weighted by Crippen LogP contribution is 2.32. The maximum atomic E-state index is 12.1. The summed E-state index contributed by atoms with van der Waals surface area (Å²) in [4.78, 5) is 12.1. The fourth-order valence-corrected chi connectivity index (χ4v) is 2.34. The lowest BCUT2D eigenvalue weighted by Crippen LogP contribution is -2.27. The van der Waals surface area contributed by atoms with Crippen molar-refractivity contribution >= 4 is 18.3 Å². The van der Waals surface area contributed by atoms with Gasteiger partial charge in [0.05, 0.1) is 11.4 Å². The number of hydrogen-bond donors (Lipinski definition) is 2. The molecule has 1 aromatic heterocycles. The fraction of sp³-hybridized carbons (Fsp3) is 0.400. The highest BCUT2D eigenvalue weighted by molar-refractivity contribution is 5.93. The third-order valence-corrected chi connectivity index (χ3v) is 3.55. The Morgan fingerprint density at radius 1 is 1.33 bits per heavy atom. The summed E-state index contributed by atoms with van der Waals surface area (Å²) in [5.41, 5.74) is 7.14. The van der Waals surface area contributed by atoms with E-state index in [0.717, 1.165) is 12.1 Å². The third-order valence-electron chi connectivity index (χ3n) is 3.55. The van der Waals surface area contributed by atoms with E-state index in [9.17, 15) is 4.79 Å². The molecule has 1 aliphatic rings. The first-order valence-corrected chi connectivity index (χ1v) is 7.51. The Balaban J connectivity index is 0.00000208. The average molecular weight is 354 g/mol. The number of amides is 1. The fourth-order valence-electron chi connectivity index (χ4n) is 2.34. The van der Waals surface area contributed by atoms with Crippen LogP contribution in [-0.4, -0.2) is 47.2 Å². The van der Waals surface area contributed by atoms with Gasteiger partial charge in [0, 0.05) is 12.6 Å². The lowest BCUT2D eigenvalue weighted by atomic mass is 10.2. The number of nitrogens with one attached hydrogen (secondary N) is 1. The standard InChI is InChI=1S/C15H19N5O3.ClH/c1-10-14(15(21)17-6-2-5-16)18-19-20(10)11-3-4-12-13(9-11)23-8-7-22-12;/h3-4,9H,2,5-8,16H2,1H3,(H,17,21);1H. The van der Waals surface area contributed by atoms with Gasteiger partial charge in [-0.1, -0.05) is 5.21 Å². The van der Waals surface area contributed by atoms with Gasteiger partial charge in [0.15, 0.2) is 17.2 Å². The predicted octanol–water partition coefficient (Wildman–Crippen LogP) is 0.847. The quantitative estimate of drug-likeness (QED) is 0.772. The first-order chi connectivity index (χ1) is 11.2. The van der Waals surface area contributed by atoms with Gasteiger partial charge in [-0.15, -0.1) is 17.5 Å². The molecule has 0 radical (unpaired) electrons. The van der Waals surface area contributed by atoms with Crippen LogP contribution < -0.4 is 20.5 Å². The Morgan fingerprint density at radius 3 is 2.83 bits per heavy atom. The summed E-state index contributed by atoms with van der Waals surface area (Å²) >= 11 is 0. The molecule has 8 nitrogen and oxygen atoms in total. The van der Waals surface area contributed by atoms with Gasteiger partial charge in [-0.2, -0.15) is 0 Å². The van der Waals surface area contributed by atoms with Crippen LogP contribution in [0.4, 0.5) is 0 Å². The van der Waals surface area contributed by atoms with Gasteiger partial charge < -0.3 is 20.5 Å². The van der Waals surface area contributed by atoms with E-state index < -0.39 is 0 Å². The van der Waals surface area contributed by atoms with Crippen LogP contribution in [0.25, 0.3) is 5.69 Å². The average Bonchev–Trinajstić information content (AvgIpc) is 2.96. The van der Waals surface area contributed by atoms with Gasteiger partial charge in [-0.05, 0) is 32.0 Å². The zero-order valence-electron chi connectivity index (χ0n) is 13.3. The minimum absolute atomic E-state index is 0. The Morgan fingerprint density at radius 2 is 2.08 bits per heavy atom. The number of benzene rings is 1. The van der Waals surface area contributed by atoms with Crippen LogP contribution in [0.2, 0.25) is 0 Å². The number of fused-ring (bicyclic) bond motifs is 1. The third kappa shape index (κ3) is 3.60. The van der Waals surface area contributed by atoms with Crippen molar-refractivity contribution in [2.24, 2.45) is 5.73 Å². The van der Waals surface area contributed by atoms with Crippen LogP contribution in [0, 0.1) is 6.92 Å².